The van der Waals surface area contributed by atoms with Crippen molar-refractivity contribution >= 4 is 17.1 Å². The predicted molar refractivity (Wildman–Crippen MR) is 85.0 cm³/mol. The number of rotatable bonds is 3. The smallest absolute Gasteiger partial charge is 0.144 e. The Morgan fingerprint density at radius 2 is 2.05 bits per heavy atom. The van der Waals surface area contributed by atoms with Gasteiger partial charge < -0.3 is 9.29 Å². The van der Waals surface area contributed by atoms with Gasteiger partial charge in [-0.05, 0) is 53.0 Å². The molecule has 110 valence electrons. The first-order chi connectivity index (χ1) is 9.43. The van der Waals surface area contributed by atoms with Gasteiger partial charge in [0.1, 0.15) is 21.9 Å². The van der Waals surface area contributed by atoms with Crippen LogP contribution in [0.3, 0.4) is 0 Å². The second-order valence-electron chi connectivity index (χ2n) is 5.97. The van der Waals surface area contributed by atoms with Crippen LogP contribution in [0.1, 0.15) is 51.7 Å². The molecule has 0 saturated carbocycles. The van der Waals surface area contributed by atoms with E-state index in [-0.39, 0.29) is 4.75 Å². The van der Waals surface area contributed by atoms with Crippen molar-refractivity contribution in [3.63, 3.8) is 0 Å². The van der Waals surface area contributed by atoms with Crippen LogP contribution in [0.15, 0.2) is 22.6 Å². The van der Waals surface area contributed by atoms with Gasteiger partial charge in [-0.2, -0.15) is 0 Å². The molecule has 2 rings (SSSR count). The molecule has 0 fully saturated rings. The van der Waals surface area contributed by atoms with Crippen LogP contribution in [0.25, 0.3) is 0 Å². The van der Waals surface area contributed by atoms with E-state index in [1.165, 1.54) is 5.56 Å². The molecular formula is C16H23NO2S. The largest absolute Gasteiger partial charge is 0.591 e. The van der Waals surface area contributed by atoms with Gasteiger partial charge in [0.05, 0.1) is 12.3 Å². The van der Waals surface area contributed by atoms with Crippen molar-refractivity contribution in [1.82, 2.24) is 0 Å². The highest BCUT2D eigenvalue weighted by molar-refractivity contribution is 7.91. The van der Waals surface area contributed by atoms with E-state index in [4.69, 9.17) is 4.74 Å². The third kappa shape index (κ3) is 3.36. The van der Waals surface area contributed by atoms with E-state index in [2.05, 4.69) is 10.5 Å². The molecule has 0 radical (unpaired) electrons. The molecule has 4 heteroatoms. The highest BCUT2D eigenvalue weighted by atomic mass is 32.2. The van der Waals surface area contributed by atoms with Crippen molar-refractivity contribution in [3.05, 3.63) is 29.3 Å². The molecule has 3 nitrogen and oxygen atoms in total. The molecule has 0 saturated heterocycles. The summed E-state index contributed by atoms with van der Waals surface area (Å²) >= 11 is -1.21. The highest BCUT2D eigenvalue weighted by Gasteiger charge is 2.29. The van der Waals surface area contributed by atoms with Crippen LogP contribution < -0.4 is 4.74 Å². The zero-order valence-corrected chi connectivity index (χ0v) is 13.5. The van der Waals surface area contributed by atoms with Crippen LogP contribution >= 0.6 is 0 Å². The van der Waals surface area contributed by atoms with Crippen molar-refractivity contribution < 1.29 is 9.29 Å². The summed E-state index contributed by atoms with van der Waals surface area (Å²) in [6.07, 6.45) is 2.94. The molecule has 1 aromatic rings. The standard InChI is InChI=1S/C16H23NO2S/c1-5-19-15-11-7-8-12-13(15)9-6-10-14(12)17-20(18)16(2,3)4/h7-8,11H,5-6,9-10H2,1-4H3/b17-14-/t20-/m1/s1. The van der Waals surface area contributed by atoms with E-state index in [9.17, 15) is 4.55 Å². The number of hydrogen-bond acceptors (Lipinski definition) is 3. The predicted octanol–water partition coefficient (Wildman–Crippen LogP) is 3.67. The van der Waals surface area contributed by atoms with Crippen LogP contribution in [0.4, 0.5) is 0 Å². The SMILES string of the molecule is CCOc1cccc2c1CCC/C2=N/[S@+]([O-])C(C)(C)C. The van der Waals surface area contributed by atoms with E-state index in [0.717, 1.165) is 36.3 Å². The van der Waals surface area contributed by atoms with Gasteiger partial charge in [0.2, 0.25) is 0 Å². The lowest BCUT2D eigenvalue weighted by molar-refractivity contribution is 0.336. The molecule has 0 amide bonds. The van der Waals surface area contributed by atoms with Gasteiger partial charge in [0.15, 0.2) is 0 Å². The molecule has 0 bridgehead atoms. The fraction of sp³-hybridized carbons (Fsp3) is 0.562. The van der Waals surface area contributed by atoms with E-state index in [1.54, 1.807) is 0 Å². The summed E-state index contributed by atoms with van der Waals surface area (Å²) in [6.45, 7) is 8.51. The summed E-state index contributed by atoms with van der Waals surface area (Å²) in [5, 5.41) is 0. The maximum atomic E-state index is 12.2. The Balaban J connectivity index is 2.38. The molecule has 0 aliphatic heterocycles. The van der Waals surface area contributed by atoms with Crippen LogP contribution in [-0.2, 0) is 17.8 Å². The molecule has 0 aromatic heterocycles. The number of fused-ring (bicyclic) bond motifs is 1. The third-order valence-corrected chi connectivity index (χ3v) is 4.74. The Hall–Kier alpha value is -1.00. The number of nitrogens with zero attached hydrogens (tertiary/aromatic N) is 1. The molecular weight excluding hydrogens is 270 g/mol. The fourth-order valence-corrected chi connectivity index (χ4v) is 2.95. The number of benzene rings is 1. The van der Waals surface area contributed by atoms with Crippen LogP contribution in [0.2, 0.25) is 0 Å². The maximum Gasteiger partial charge on any atom is 0.144 e. The first kappa shape index (κ1) is 15.4. The number of ether oxygens (including phenoxy) is 1. The molecule has 0 unspecified atom stereocenters. The third-order valence-electron chi connectivity index (χ3n) is 3.30. The zero-order valence-electron chi connectivity index (χ0n) is 12.7. The van der Waals surface area contributed by atoms with E-state index >= 15 is 0 Å². The molecule has 20 heavy (non-hydrogen) atoms. The summed E-state index contributed by atoms with van der Waals surface area (Å²) in [5.74, 6) is 0.943. The van der Waals surface area contributed by atoms with Crippen molar-refractivity contribution in [2.75, 3.05) is 6.61 Å². The van der Waals surface area contributed by atoms with Gasteiger partial charge in [0, 0.05) is 11.1 Å². The minimum Gasteiger partial charge on any atom is -0.591 e. The lowest BCUT2D eigenvalue weighted by atomic mass is 9.89. The van der Waals surface area contributed by atoms with E-state index < -0.39 is 11.4 Å². The van der Waals surface area contributed by atoms with Crippen LogP contribution in [0, 0.1) is 0 Å². The normalized spacial score (nSPS) is 18.8. The Morgan fingerprint density at radius 1 is 1.30 bits per heavy atom. The fourth-order valence-electron chi connectivity index (χ4n) is 2.28. The monoisotopic (exact) mass is 293 g/mol. The molecule has 0 heterocycles. The quantitative estimate of drug-likeness (QED) is 0.798. The minimum atomic E-state index is -1.21. The molecule has 0 spiro atoms. The van der Waals surface area contributed by atoms with Gasteiger partial charge in [-0.25, -0.2) is 0 Å². The van der Waals surface area contributed by atoms with E-state index in [0.29, 0.717) is 6.61 Å². The second kappa shape index (κ2) is 6.19. The molecule has 0 N–H and O–H groups in total. The topological polar surface area (TPSA) is 44.6 Å². The summed E-state index contributed by atoms with van der Waals surface area (Å²) < 4.78 is 22.1. The molecule has 1 aliphatic carbocycles. The Labute approximate surface area is 124 Å². The van der Waals surface area contributed by atoms with Crippen molar-refractivity contribution in [2.45, 2.75) is 51.7 Å². The highest BCUT2D eigenvalue weighted by Crippen LogP contribution is 2.31. The summed E-state index contributed by atoms with van der Waals surface area (Å²) in [7, 11) is 0. The van der Waals surface area contributed by atoms with Gasteiger partial charge in [-0.1, -0.05) is 16.5 Å². The average Bonchev–Trinajstić information content (AvgIpc) is 2.39. The van der Waals surface area contributed by atoms with Gasteiger partial charge in [0.25, 0.3) is 0 Å². The van der Waals surface area contributed by atoms with Gasteiger partial charge >= 0.3 is 0 Å². The Bertz CT molecular complexity index is 506. The molecule has 1 aliphatic rings. The summed E-state index contributed by atoms with van der Waals surface area (Å²) in [6, 6.07) is 6.06. The van der Waals surface area contributed by atoms with E-state index in [1.807, 2.05) is 39.8 Å². The van der Waals surface area contributed by atoms with Gasteiger partial charge in [-0.15, -0.1) is 0 Å². The first-order valence-electron chi connectivity index (χ1n) is 7.18. The summed E-state index contributed by atoms with van der Waals surface area (Å²) in [4.78, 5) is 0. The number of hydrogen-bond donors (Lipinski definition) is 0. The van der Waals surface area contributed by atoms with Crippen molar-refractivity contribution in [1.29, 1.82) is 0 Å². The van der Waals surface area contributed by atoms with Crippen LogP contribution in [0.5, 0.6) is 5.75 Å². The van der Waals surface area contributed by atoms with Crippen molar-refractivity contribution in [3.8, 4) is 5.75 Å². The first-order valence-corrected chi connectivity index (χ1v) is 8.28. The van der Waals surface area contributed by atoms with Crippen LogP contribution in [-0.4, -0.2) is 21.6 Å². The minimum absolute atomic E-state index is 0.317. The Kier molecular flexibility index (Phi) is 4.76. The Morgan fingerprint density at radius 3 is 2.70 bits per heavy atom. The lowest BCUT2D eigenvalue weighted by Crippen LogP contribution is -2.27. The van der Waals surface area contributed by atoms with Crippen molar-refractivity contribution in [2.24, 2.45) is 4.40 Å². The molecule has 1 aromatic carbocycles. The molecule has 1 atom stereocenters. The lowest BCUT2D eigenvalue weighted by Gasteiger charge is -2.23. The maximum absolute atomic E-state index is 12.2. The summed E-state index contributed by atoms with van der Waals surface area (Å²) in [5.41, 5.74) is 3.28. The average molecular weight is 293 g/mol. The van der Waals surface area contributed by atoms with Gasteiger partial charge in [-0.3, -0.25) is 0 Å². The second-order valence-corrected chi connectivity index (χ2v) is 7.87. The zero-order chi connectivity index (χ0) is 14.8.